The Labute approximate surface area is 166 Å². The number of methoxy groups -OCH3 is 1. The number of amides is 1. The fourth-order valence-electron chi connectivity index (χ4n) is 3.33. The molecule has 0 aliphatic carbocycles. The molecule has 0 saturated heterocycles. The molecular formula is C21H20FN3O4. The molecule has 3 aromatic rings. The fourth-order valence-corrected chi connectivity index (χ4v) is 3.33. The van der Waals surface area contributed by atoms with Gasteiger partial charge in [-0.2, -0.15) is 0 Å². The van der Waals surface area contributed by atoms with E-state index in [0.29, 0.717) is 28.9 Å². The van der Waals surface area contributed by atoms with Crippen molar-refractivity contribution in [3.8, 4) is 11.3 Å². The highest BCUT2D eigenvalue weighted by Crippen LogP contribution is 2.34. The molecule has 0 saturated carbocycles. The zero-order valence-electron chi connectivity index (χ0n) is 16.2. The third-order valence-corrected chi connectivity index (χ3v) is 4.61. The van der Waals surface area contributed by atoms with Crippen LogP contribution in [0.15, 0.2) is 42.6 Å². The van der Waals surface area contributed by atoms with E-state index in [1.807, 2.05) is 24.3 Å². The number of aryl methyl sites for hydroxylation is 1. The summed E-state index contributed by atoms with van der Waals surface area (Å²) in [5, 5.41) is 11.6. The fraction of sp³-hybridized carbons (Fsp3) is 0.190. The molecule has 7 nitrogen and oxygen atoms in total. The zero-order chi connectivity index (χ0) is 21.1. The van der Waals surface area contributed by atoms with E-state index in [9.17, 15) is 19.3 Å². The van der Waals surface area contributed by atoms with Gasteiger partial charge in [0.15, 0.2) is 0 Å². The van der Waals surface area contributed by atoms with Gasteiger partial charge >= 0.3 is 6.09 Å². The predicted molar refractivity (Wildman–Crippen MR) is 108 cm³/mol. The molecule has 0 fully saturated rings. The minimum Gasteiger partial charge on any atom is -0.453 e. The van der Waals surface area contributed by atoms with E-state index in [-0.39, 0.29) is 5.82 Å². The van der Waals surface area contributed by atoms with E-state index in [1.165, 1.54) is 30.2 Å². The Bertz CT molecular complexity index is 1100. The van der Waals surface area contributed by atoms with Gasteiger partial charge in [0.1, 0.15) is 5.82 Å². The summed E-state index contributed by atoms with van der Waals surface area (Å²) < 4.78 is 18.5. The standard InChI is InChI=1S/C21H20FN3O4/c1-13-10-16(22)11-18-19(13)17(8-9-25(27)28)20(23-18)15-6-4-14(5-7-15)12-24(2)21(26)29-3/h4-11,23H,12H2,1-3H3. The van der Waals surface area contributed by atoms with Crippen molar-refractivity contribution in [2.24, 2.45) is 0 Å². The number of ether oxygens (including phenoxy) is 1. The minimum absolute atomic E-state index is 0.373. The van der Waals surface area contributed by atoms with E-state index in [4.69, 9.17) is 0 Å². The number of carbonyl (C=O) groups excluding carboxylic acids is 1. The molecule has 1 N–H and O–H groups in total. The van der Waals surface area contributed by atoms with Gasteiger partial charge in [-0.1, -0.05) is 24.3 Å². The summed E-state index contributed by atoms with van der Waals surface area (Å²) in [7, 11) is 2.96. The van der Waals surface area contributed by atoms with E-state index >= 15 is 0 Å². The molecule has 0 aliphatic heterocycles. The van der Waals surface area contributed by atoms with Gasteiger partial charge in [0.25, 0.3) is 0 Å². The van der Waals surface area contributed by atoms with Gasteiger partial charge in [-0.15, -0.1) is 0 Å². The van der Waals surface area contributed by atoms with Crippen molar-refractivity contribution in [1.29, 1.82) is 0 Å². The van der Waals surface area contributed by atoms with Crippen LogP contribution in [-0.4, -0.2) is 35.1 Å². The summed E-state index contributed by atoms with van der Waals surface area (Å²) in [6.45, 7) is 2.14. The van der Waals surface area contributed by atoms with E-state index in [0.717, 1.165) is 22.7 Å². The molecule has 150 valence electrons. The lowest BCUT2D eigenvalue weighted by Crippen LogP contribution is -2.25. The number of aromatic nitrogens is 1. The van der Waals surface area contributed by atoms with Crippen molar-refractivity contribution < 1.29 is 18.8 Å². The van der Waals surface area contributed by atoms with E-state index in [2.05, 4.69) is 9.72 Å². The van der Waals surface area contributed by atoms with Gasteiger partial charge < -0.3 is 14.6 Å². The van der Waals surface area contributed by atoms with Crippen molar-refractivity contribution in [1.82, 2.24) is 9.88 Å². The highest BCUT2D eigenvalue weighted by Gasteiger charge is 2.16. The van der Waals surface area contributed by atoms with Crippen molar-refractivity contribution in [2.45, 2.75) is 13.5 Å². The summed E-state index contributed by atoms with van der Waals surface area (Å²) in [6, 6.07) is 10.2. The molecule has 0 unspecified atom stereocenters. The third kappa shape index (κ3) is 4.26. The van der Waals surface area contributed by atoms with Crippen LogP contribution in [-0.2, 0) is 11.3 Å². The average molecular weight is 397 g/mol. The van der Waals surface area contributed by atoms with Gasteiger partial charge in [0.05, 0.1) is 17.7 Å². The molecule has 29 heavy (non-hydrogen) atoms. The third-order valence-electron chi connectivity index (χ3n) is 4.61. The minimum atomic E-state index is -0.535. The first-order valence-electron chi connectivity index (χ1n) is 8.82. The van der Waals surface area contributed by atoms with Gasteiger partial charge in [-0.3, -0.25) is 10.1 Å². The second kappa shape index (κ2) is 8.14. The number of nitrogens with zero attached hydrogens (tertiary/aromatic N) is 2. The van der Waals surface area contributed by atoms with E-state index < -0.39 is 11.0 Å². The SMILES string of the molecule is COC(=O)N(C)Cc1ccc(-c2[nH]c3cc(F)cc(C)c3c2C=C[N+](=O)[O-])cc1. The molecule has 0 bridgehead atoms. The van der Waals surface area contributed by atoms with Gasteiger partial charge in [0, 0.05) is 36.1 Å². The maximum absolute atomic E-state index is 13.8. The number of fused-ring (bicyclic) bond motifs is 1. The van der Waals surface area contributed by atoms with Crippen LogP contribution in [0.4, 0.5) is 9.18 Å². The molecule has 1 aromatic heterocycles. The monoisotopic (exact) mass is 397 g/mol. The summed E-state index contributed by atoms with van der Waals surface area (Å²) in [6.07, 6.45) is 1.85. The maximum Gasteiger partial charge on any atom is 0.409 e. The topological polar surface area (TPSA) is 88.5 Å². The number of benzene rings is 2. The number of aromatic amines is 1. The first kappa shape index (κ1) is 20.1. The molecular weight excluding hydrogens is 377 g/mol. The first-order chi connectivity index (χ1) is 13.8. The second-order valence-corrected chi connectivity index (χ2v) is 6.68. The Morgan fingerprint density at radius 1 is 1.31 bits per heavy atom. The predicted octanol–water partition coefficient (Wildman–Crippen LogP) is 4.73. The zero-order valence-corrected chi connectivity index (χ0v) is 16.2. The highest BCUT2D eigenvalue weighted by molar-refractivity contribution is 5.98. The van der Waals surface area contributed by atoms with Gasteiger partial charge in [-0.05, 0) is 35.7 Å². The number of hydrogen-bond acceptors (Lipinski definition) is 4. The van der Waals surface area contributed by atoms with Crippen LogP contribution in [0.1, 0.15) is 16.7 Å². The van der Waals surface area contributed by atoms with Crippen molar-refractivity contribution in [3.63, 3.8) is 0 Å². The van der Waals surface area contributed by atoms with E-state index in [1.54, 1.807) is 14.0 Å². The maximum atomic E-state index is 13.8. The molecule has 3 rings (SSSR count). The largest absolute Gasteiger partial charge is 0.453 e. The Morgan fingerprint density at radius 3 is 2.62 bits per heavy atom. The Hall–Kier alpha value is -3.68. The van der Waals surface area contributed by atoms with Crippen LogP contribution in [0, 0.1) is 22.9 Å². The van der Waals surface area contributed by atoms with Crippen LogP contribution in [0.2, 0.25) is 0 Å². The number of H-pyrrole nitrogens is 1. The second-order valence-electron chi connectivity index (χ2n) is 6.68. The Kier molecular flexibility index (Phi) is 5.63. The number of nitro groups is 1. The van der Waals surface area contributed by atoms with Gasteiger partial charge in [-0.25, -0.2) is 9.18 Å². The van der Waals surface area contributed by atoms with Gasteiger partial charge in [0.2, 0.25) is 6.20 Å². The van der Waals surface area contributed by atoms with Crippen LogP contribution in [0.25, 0.3) is 28.2 Å². The lowest BCUT2D eigenvalue weighted by molar-refractivity contribution is -0.400. The molecule has 1 amide bonds. The number of rotatable bonds is 5. The summed E-state index contributed by atoms with van der Waals surface area (Å²) in [5.74, 6) is -0.381. The number of halogens is 1. The average Bonchev–Trinajstić information content (AvgIpc) is 3.04. The molecule has 0 spiro atoms. The Morgan fingerprint density at radius 2 is 2.00 bits per heavy atom. The quantitative estimate of drug-likeness (QED) is 0.498. The number of carbonyl (C=O) groups is 1. The molecule has 0 radical (unpaired) electrons. The molecule has 0 atom stereocenters. The summed E-state index contributed by atoms with van der Waals surface area (Å²) >= 11 is 0. The molecule has 0 aliphatic rings. The molecule has 8 heteroatoms. The summed E-state index contributed by atoms with van der Waals surface area (Å²) in [5.41, 5.74) is 4.20. The lowest BCUT2D eigenvalue weighted by atomic mass is 10.0. The van der Waals surface area contributed by atoms with Crippen LogP contribution < -0.4 is 0 Å². The smallest absolute Gasteiger partial charge is 0.409 e. The van der Waals surface area contributed by atoms with Crippen LogP contribution in [0.5, 0.6) is 0 Å². The highest BCUT2D eigenvalue weighted by atomic mass is 19.1. The number of nitrogens with one attached hydrogen (secondary N) is 1. The van der Waals surface area contributed by atoms with Crippen molar-refractivity contribution >= 4 is 23.1 Å². The first-order valence-corrected chi connectivity index (χ1v) is 8.82. The van der Waals surface area contributed by atoms with Crippen molar-refractivity contribution in [3.05, 3.63) is 75.2 Å². The molecule has 1 heterocycles. The molecule has 2 aromatic carbocycles. The normalized spacial score (nSPS) is 11.2. The van der Waals surface area contributed by atoms with Crippen molar-refractivity contribution in [2.75, 3.05) is 14.2 Å². The Balaban J connectivity index is 2.04. The number of hydrogen-bond donors (Lipinski definition) is 1. The van der Waals surface area contributed by atoms with Crippen LogP contribution in [0.3, 0.4) is 0 Å². The van der Waals surface area contributed by atoms with Crippen LogP contribution >= 0.6 is 0 Å². The lowest BCUT2D eigenvalue weighted by Gasteiger charge is -2.15. The summed E-state index contributed by atoms with van der Waals surface area (Å²) in [4.78, 5) is 26.5.